The molecule has 36 heavy (non-hydrogen) atoms. The van der Waals surface area contributed by atoms with Gasteiger partial charge in [-0.15, -0.1) is 0 Å². The molecular weight excluding hydrogens is 511 g/mol. The van der Waals surface area contributed by atoms with Gasteiger partial charge in [-0.3, -0.25) is 4.72 Å². The van der Waals surface area contributed by atoms with Gasteiger partial charge in [0.05, 0.1) is 24.3 Å². The van der Waals surface area contributed by atoms with Crippen LogP contribution < -0.4 is 9.86 Å². The Morgan fingerprint density at radius 2 is 1.89 bits per heavy atom. The van der Waals surface area contributed by atoms with Gasteiger partial charge in [0.2, 0.25) is 10.0 Å². The Hall–Kier alpha value is -1.66. The number of halogens is 3. The highest BCUT2D eigenvalue weighted by molar-refractivity contribution is 8.13. The van der Waals surface area contributed by atoms with Gasteiger partial charge >= 0.3 is 6.18 Å². The van der Waals surface area contributed by atoms with Crippen molar-refractivity contribution in [1.82, 2.24) is 9.29 Å². The van der Waals surface area contributed by atoms with Crippen molar-refractivity contribution >= 4 is 26.1 Å². The first-order chi connectivity index (χ1) is 16.8. The molecule has 0 radical (unpaired) electrons. The maximum absolute atomic E-state index is 14.3. The zero-order valence-electron chi connectivity index (χ0n) is 20.8. The van der Waals surface area contributed by atoms with Gasteiger partial charge in [-0.05, 0) is 68.7 Å². The fourth-order valence-corrected chi connectivity index (χ4v) is 7.64. The Bertz CT molecular complexity index is 1260. The van der Waals surface area contributed by atoms with E-state index in [4.69, 9.17) is 9.88 Å². The summed E-state index contributed by atoms with van der Waals surface area (Å²) in [6, 6.07) is 5.70. The standard InChI is InChI=1S/C25H34F3N3O3S2/c1-4-35(30-24(3)15-34-16-24)22-11-10-19(12-20(22)25(26,27)28)21-13-23(36(29,32)33)17(2)31(21)14-18-8-6-5-7-9-18/h4,10-13,18,30H,5-9,14-16H2,1-3H3,(H2,29,32,33). The van der Waals surface area contributed by atoms with Gasteiger partial charge in [0, 0.05) is 22.8 Å². The van der Waals surface area contributed by atoms with Gasteiger partial charge in [0.1, 0.15) is 4.90 Å². The number of alkyl halides is 3. The number of benzene rings is 1. The SMILES string of the molecule is C/C=S(/NC1(C)COC1)c1ccc(-c2cc(S(N)(=O)=O)c(C)n2CC2CCCCC2)cc1C(F)(F)F. The van der Waals surface area contributed by atoms with E-state index in [-0.39, 0.29) is 15.3 Å². The molecule has 6 nitrogen and oxygen atoms in total. The molecule has 200 valence electrons. The van der Waals surface area contributed by atoms with E-state index in [9.17, 15) is 21.6 Å². The quantitative estimate of drug-likeness (QED) is 0.453. The Balaban J connectivity index is 1.81. The molecule has 2 aliphatic rings. The van der Waals surface area contributed by atoms with Crippen LogP contribution in [0, 0.1) is 12.8 Å². The number of sulfonamides is 1. The lowest BCUT2D eigenvalue weighted by molar-refractivity contribution is -0.139. The maximum Gasteiger partial charge on any atom is 0.417 e. The molecule has 1 aliphatic heterocycles. The number of ether oxygens (including phenoxy) is 1. The summed E-state index contributed by atoms with van der Waals surface area (Å²) in [6.07, 6.45) is 0.805. The predicted molar refractivity (Wildman–Crippen MR) is 138 cm³/mol. The first-order valence-electron chi connectivity index (χ1n) is 12.1. The van der Waals surface area contributed by atoms with Crippen LogP contribution in [-0.4, -0.2) is 37.1 Å². The molecule has 1 unspecified atom stereocenters. The van der Waals surface area contributed by atoms with Crippen LogP contribution in [-0.2, 0) is 27.5 Å². The topological polar surface area (TPSA) is 86.3 Å². The van der Waals surface area contributed by atoms with E-state index in [1.165, 1.54) is 18.6 Å². The van der Waals surface area contributed by atoms with Crippen molar-refractivity contribution in [1.29, 1.82) is 0 Å². The van der Waals surface area contributed by atoms with E-state index in [0.29, 0.717) is 42.6 Å². The molecule has 0 spiro atoms. The second-order valence-corrected chi connectivity index (χ2v) is 13.4. The second kappa shape index (κ2) is 10.2. The van der Waals surface area contributed by atoms with E-state index in [1.807, 2.05) is 11.5 Å². The van der Waals surface area contributed by atoms with Crippen LogP contribution in [0.4, 0.5) is 13.2 Å². The molecular formula is C25H34F3N3O3S2. The lowest BCUT2D eigenvalue weighted by atomic mass is 9.89. The molecule has 1 saturated heterocycles. The lowest BCUT2D eigenvalue weighted by Crippen LogP contribution is -2.56. The number of hydrogen-bond donors (Lipinski definition) is 2. The number of nitrogens with two attached hydrogens (primary N) is 1. The molecule has 0 bridgehead atoms. The first-order valence-corrected chi connectivity index (χ1v) is 15.0. The second-order valence-electron chi connectivity index (χ2n) is 10.1. The fraction of sp³-hybridized carbons (Fsp3) is 0.560. The highest BCUT2D eigenvalue weighted by Crippen LogP contribution is 2.42. The normalized spacial score (nSPS) is 19.9. The van der Waals surface area contributed by atoms with Gasteiger partial charge in [-0.2, -0.15) is 13.2 Å². The fourth-order valence-electron chi connectivity index (χ4n) is 5.09. The molecule has 1 aromatic carbocycles. The molecule has 1 aromatic heterocycles. The third-order valence-corrected chi connectivity index (χ3v) is 10.1. The minimum atomic E-state index is -4.59. The highest BCUT2D eigenvalue weighted by Gasteiger charge is 2.38. The minimum absolute atomic E-state index is 0.0489. The summed E-state index contributed by atoms with van der Waals surface area (Å²) in [7, 11) is -4.99. The van der Waals surface area contributed by atoms with Gasteiger partial charge in [0.25, 0.3) is 0 Å². The van der Waals surface area contributed by atoms with E-state index in [2.05, 4.69) is 4.72 Å². The van der Waals surface area contributed by atoms with Crippen molar-refractivity contribution < 1.29 is 26.3 Å². The van der Waals surface area contributed by atoms with Crippen LogP contribution >= 0.6 is 10.7 Å². The average Bonchev–Trinajstić information content (AvgIpc) is 3.12. The monoisotopic (exact) mass is 545 g/mol. The average molecular weight is 546 g/mol. The van der Waals surface area contributed by atoms with Crippen LogP contribution in [0.5, 0.6) is 0 Å². The Morgan fingerprint density at radius 3 is 2.42 bits per heavy atom. The molecule has 0 amide bonds. The Morgan fingerprint density at radius 1 is 1.22 bits per heavy atom. The summed E-state index contributed by atoms with van der Waals surface area (Å²) < 4.78 is 78.0. The minimum Gasteiger partial charge on any atom is -0.377 e. The molecule has 2 heterocycles. The number of aromatic nitrogens is 1. The van der Waals surface area contributed by atoms with Crippen molar-refractivity contribution in [3.05, 3.63) is 35.5 Å². The summed E-state index contributed by atoms with van der Waals surface area (Å²) in [5.41, 5.74) is 0.0901. The van der Waals surface area contributed by atoms with E-state index < -0.39 is 32.4 Å². The number of hydrogen-bond acceptors (Lipinski definition) is 4. The third-order valence-electron chi connectivity index (χ3n) is 7.04. The van der Waals surface area contributed by atoms with E-state index >= 15 is 0 Å². The summed E-state index contributed by atoms with van der Waals surface area (Å²) in [5.74, 6) is 0.341. The summed E-state index contributed by atoms with van der Waals surface area (Å²) >= 11 is 0. The van der Waals surface area contributed by atoms with Crippen molar-refractivity contribution in [2.45, 2.75) is 80.9 Å². The van der Waals surface area contributed by atoms with Gasteiger partial charge < -0.3 is 9.30 Å². The van der Waals surface area contributed by atoms with Gasteiger partial charge in [-0.1, -0.05) is 36.0 Å². The van der Waals surface area contributed by atoms with Gasteiger partial charge in [-0.25, -0.2) is 13.6 Å². The third kappa shape index (κ3) is 5.75. The number of nitrogens with zero attached hydrogens (tertiary/aromatic N) is 1. The summed E-state index contributed by atoms with van der Waals surface area (Å²) in [5, 5.41) is 7.21. The van der Waals surface area contributed by atoms with Crippen molar-refractivity contribution in [2.75, 3.05) is 13.2 Å². The first kappa shape index (κ1) is 27.4. The van der Waals surface area contributed by atoms with Crippen LogP contribution in [0.15, 0.2) is 34.1 Å². The van der Waals surface area contributed by atoms with Crippen LogP contribution in [0.1, 0.15) is 57.2 Å². The van der Waals surface area contributed by atoms with Crippen LogP contribution in [0.25, 0.3) is 11.3 Å². The van der Waals surface area contributed by atoms with Crippen molar-refractivity contribution in [3.8, 4) is 11.3 Å². The van der Waals surface area contributed by atoms with Crippen molar-refractivity contribution in [3.63, 3.8) is 0 Å². The molecule has 1 saturated carbocycles. The largest absolute Gasteiger partial charge is 0.417 e. The Labute approximate surface area is 213 Å². The van der Waals surface area contributed by atoms with E-state index in [1.54, 1.807) is 25.3 Å². The summed E-state index contributed by atoms with van der Waals surface area (Å²) in [6.45, 7) is 6.76. The molecule has 3 N–H and O–H groups in total. The highest BCUT2D eigenvalue weighted by atomic mass is 32.2. The lowest BCUT2D eigenvalue weighted by Gasteiger charge is -2.40. The van der Waals surface area contributed by atoms with Gasteiger partial charge in [0.15, 0.2) is 0 Å². The Kier molecular flexibility index (Phi) is 7.79. The predicted octanol–water partition coefficient (Wildman–Crippen LogP) is 5.45. The number of rotatable bonds is 7. The zero-order valence-corrected chi connectivity index (χ0v) is 22.5. The number of primary sulfonamides is 1. The van der Waals surface area contributed by atoms with Crippen molar-refractivity contribution in [2.24, 2.45) is 11.1 Å². The smallest absolute Gasteiger partial charge is 0.377 e. The zero-order chi connectivity index (χ0) is 26.3. The van der Waals surface area contributed by atoms with Crippen LogP contribution in [0.2, 0.25) is 0 Å². The molecule has 2 aromatic rings. The molecule has 2 fully saturated rings. The number of nitrogens with one attached hydrogen (secondary N) is 1. The molecule has 4 rings (SSSR count). The van der Waals surface area contributed by atoms with Crippen LogP contribution in [0.3, 0.4) is 0 Å². The molecule has 11 heteroatoms. The molecule has 1 atom stereocenters. The maximum atomic E-state index is 14.3. The molecule has 1 aliphatic carbocycles. The summed E-state index contributed by atoms with van der Waals surface area (Å²) in [4.78, 5) is 0.0998. The van der Waals surface area contributed by atoms with E-state index in [0.717, 1.165) is 31.7 Å².